The number of ether oxygens (including phenoxy) is 1. The summed E-state index contributed by atoms with van der Waals surface area (Å²) in [5.41, 5.74) is 0.858. The second kappa shape index (κ2) is 6.76. The summed E-state index contributed by atoms with van der Waals surface area (Å²) in [5, 5.41) is 2.93. The van der Waals surface area contributed by atoms with E-state index in [0.29, 0.717) is 19.1 Å². The predicted octanol–water partition coefficient (Wildman–Crippen LogP) is 0.397. The van der Waals surface area contributed by atoms with Crippen LogP contribution in [0.4, 0.5) is 11.8 Å². The molecule has 1 aliphatic heterocycles. The monoisotopic (exact) mass is 330 g/mol. The zero-order valence-electron chi connectivity index (χ0n) is 13.2. The highest BCUT2D eigenvalue weighted by Crippen LogP contribution is 2.22. The number of aromatic nitrogens is 2. The van der Waals surface area contributed by atoms with E-state index in [9.17, 15) is 8.42 Å². The second-order valence-corrected chi connectivity index (χ2v) is 7.03. The lowest BCUT2D eigenvalue weighted by molar-refractivity contribution is -0.00297. The minimum Gasteiger partial charge on any atom is -0.372 e. The van der Waals surface area contributed by atoms with Crippen molar-refractivity contribution in [2.24, 2.45) is 0 Å². The fourth-order valence-electron chi connectivity index (χ4n) is 2.25. The van der Waals surface area contributed by atoms with Crippen LogP contribution in [0.5, 0.6) is 0 Å². The summed E-state index contributed by atoms with van der Waals surface area (Å²) >= 11 is 0. The lowest BCUT2D eigenvalue weighted by Crippen LogP contribution is -2.50. The van der Waals surface area contributed by atoms with Crippen molar-refractivity contribution < 1.29 is 17.3 Å². The molecule has 1 aromatic rings. The van der Waals surface area contributed by atoms with Crippen LogP contribution in [-0.2, 0) is 19.0 Å². The number of anilines is 2. The summed E-state index contributed by atoms with van der Waals surface area (Å²) in [7, 11) is -1.70. The molecule has 0 spiro atoms. The van der Waals surface area contributed by atoms with Crippen molar-refractivity contribution in [2.45, 2.75) is 26.0 Å². The van der Waals surface area contributed by atoms with E-state index < -0.39 is 10.1 Å². The topological polar surface area (TPSA) is 93.7 Å². The number of rotatable bonds is 5. The van der Waals surface area contributed by atoms with Crippen molar-refractivity contribution in [1.29, 1.82) is 0 Å². The molecule has 22 heavy (non-hydrogen) atoms. The van der Waals surface area contributed by atoms with Crippen LogP contribution < -0.4 is 10.2 Å². The third-order valence-corrected chi connectivity index (χ3v) is 3.90. The Kier molecular flexibility index (Phi) is 5.20. The molecule has 2 atom stereocenters. The molecule has 2 rings (SSSR count). The van der Waals surface area contributed by atoms with E-state index in [2.05, 4.69) is 20.2 Å². The molecule has 1 N–H and O–H groups in total. The first-order valence-corrected chi connectivity index (χ1v) is 8.86. The number of nitrogens with zero attached hydrogens (tertiary/aromatic N) is 3. The SMILES string of the molecule is CNc1nc(C)cc(N2C[C@@H](COS(C)(=O)=O)OC[C@H]2C)n1. The van der Waals surface area contributed by atoms with Gasteiger partial charge < -0.3 is 15.0 Å². The molecular formula is C13H22N4O4S. The Morgan fingerprint density at radius 3 is 2.86 bits per heavy atom. The highest BCUT2D eigenvalue weighted by molar-refractivity contribution is 7.85. The molecule has 1 saturated heterocycles. The van der Waals surface area contributed by atoms with Gasteiger partial charge in [0.15, 0.2) is 0 Å². The lowest BCUT2D eigenvalue weighted by atomic mass is 10.2. The van der Waals surface area contributed by atoms with Crippen molar-refractivity contribution in [3.63, 3.8) is 0 Å². The zero-order chi connectivity index (χ0) is 16.3. The molecule has 0 aliphatic carbocycles. The minimum absolute atomic E-state index is 0.00496. The average Bonchev–Trinajstić information content (AvgIpc) is 2.44. The van der Waals surface area contributed by atoms with Crippen LogP contribution in [0.15, 0.2) is 6.07 Å². The Morgan fingerprint density at radius 2 is 2.23 bits per heavy atom. The van der Waals surface area contributed by atoms with Crippen LogP contribution in [-0.4, -0.2) is 63.6 Å². The molecule has 0 unspecified atom stereocenters. The Morgan fingerprint density at radius 1 is 1.50 bits per heavy atom. The van der Waals surface area contributed by atoms with Crippen molar-refractivity contribution in [2.75, 3.05) is 43.3 Å². The standard InChI is InChI=1S/C13H22N4O4S/c1-9-5-12(16-13(14-3)15-9)17-6-11(20-7-10(17)2)8-21-22(4,18)19/h5,10-11H,6-8H2,1-4H3,(H,14,15,16)/t10-,11+/m1/s1. The molecule has 8 nitrogen and oxygen atoms in total. The molecule has 1 aromatic heterocycles. The van der Waals surface area contributed by atoms with Gasteiger partial charge >= 0.3 is 0 Å². The van der Waals surface area contributed by atoms with Crippen LogP contribution >= 0.6 is 0 Å². The maximum atomic E-state index is 11.1. The molecule has 124 valence electrons. The fraction of sp³-hybridized carbons (Fsp3) is 0.692. The Bertz CT molecular complexity index is 622. The molecule has 0 radical (unpaired) electrons. The maximum absolute atomic E-state index is 11.1. The molecule has 0 amide bonds. The van der Waals surface area contributed by atoms with Gasteiger partial charge in [0, 0.05) is 25.4 Å². The third-order valence-electron chi connectivity index (χ3n) is 3.33. The molecular weight excluding hydrogens is 308 g/mol. The summed E-state index contributed by atoms with van der Waals surface area (Å²) in [4.78, 5) is 10.8. The van der Waals surface area contributed by atoms with Gasteiger partial charge in [-0.15, -0.1) is 0 Å². The molecule has 1 fully saturated rings. The molecule has 1 aliphatic rings. The van der Waals surface area contributed by atoms with Crippen LogP contribution in [0.3, 0.4) is 0 Å². The largest absolute Gasteiger partial charge is 0.372 e. The highest BCUT2D eigenvalue weighted by Gasteiger charge is 2.28. The number of hydrogen-bond donors (Lipinski definition) is 1. The minimum atomic E-state index is -3.47. The van der Waals surface area contributed by atoms with Crippen LogP contribution in [0.2, 0.25) is 0 Å². The van der Waals surface area contributed by atoms with Gasteiger partial charge in [-0.3, -0.25) is 4.18 Å². The normalized spacial score (nSPS) is 22.6. The van der Waals surface area contributed by atoms with E-state index in [0.717, 1.165) is 17.8 Å². The first-order valence-electron chi connectivity index (χ1n) is 7.04. The van der Waals surface area contributed by atoms with Crippen molar-refractivity contribution in [3.8, 4) is 0 Å². The van der Waals surface area contributed by atoms with E-state index in [1.54, 1.807) is 7.05 Å². The molecule has 2 heterocycles. The van der Waals surface area contributed by atoms with Gasteiger partial charge in [0.05, 0.1) is 31.6 Å². The quantitative estimate of drug-likeness (QED) is 0.775. The molecule has 0 aromatic carbocycles. The van der Waals surface area contributed by atoms with Crippen LogP contribution in [0.1, 0.15) is 12.6 Å². The van der Waals surface area contributed by atoms with Crippen LogP contribution in [0.25, 0.3) is 0 Å². The van der Waals surface area contributed by atoms with Gasteiger partial charge in [0.25, 0.3) is 10.1 Å². The van der Waals surface area contributed by atoms with E-state index in [-0.39, 0.29) is 18.8 Å². The Balaban J connectivity index is 2.13. The summed E-state index contributed by atoms with van der Waals surface area (Å²) in [5.74, 6) is 1.34. The van der Waals surface area contributed by atoms with E-state index >= 15 is 0 Å². The van der Waals surface area contributed by atoms with Crippen molar-refractivity contribution >= 4 is 21.9 Å². The molecule has 0 saturated carbocycles. The Labute approximate surface area is 131 Å². The third kappa shape index (κ3) is 4.52. The summed E-state index contributed by atoms with van der Waals surface area (Å²) in [6.07, 6.45) is 0.711. The van der Waals surface area contributed by atoms with Gasteiger partial charge in [-0.2, -0.15) is 13.4 Å². The summed E-state index contributed by atoms with van der Waals surface area (Å²) in [6.45, 7) is 4.93. The van der Waals surface area contributed by atoms with Crippen molar-refractivity contribution in [3.05, 3.63) is 11.8 Å². The van der Waals surface area contributed by atoms with Crippen molar-refractivity contribution in [1.82, 2.24) is 9.97 Å². The van der Waals surface area contributed by atoms with Gasteiger partial charge in [-0.05, 0) is 13.8 Å². The number of aryl methyl sites for hydroxylation is 1. The lowest BCUT2D eigenvalue weighted by Gasteiger charge is -2.38. The smallest absolute Gasteiger partial charge is 0.264 e. The number of nitrogens with one attached hydrogen (secondary N) is 1. The first-order chi connectivity index (χ1) is 10.3. The van der Waals surface area contributed by atoms with Crippen LogP contribution in [0, 0.1) is 6.92 Å². The summed E-state index contributed by atoms with van der Waals surface area (Å²) < 4.78 is 32.7. The van der Waals surface area contributed by atoms with Gasteiger partial charge in [-0.1, -0.05) is 0 Å². The first kappa shape index (κ1) is 16.9. The number of morpholine rings is 1. The Hall–Kier alpha value is -1.45. The van der Waals surface area contributed by atoms with E-state index in [4.69, 9.17) is 8.92 Å². The van der Waals surface area contributed by atoms with Gasteiger partial charge in [0.2, 0.25) is 5.95 Å². The average molecular weight is 330 g/mol. The molecule has 0 bridgehead atoms. The van der Waals surface area contributed by atoms with Gasteiger partial charge in [0.1, 0.15) is 5.82 Å². The van der Waals surface area contributed by atoms with E-state index in [1.165, 1.54) is 0 Å². The van der Waals surface area contributed by atoms with E-state index in [1.807, 2.05) is 19.9 Å². The zero-order valence-corrected chi connectivity index (χ0v) is 14.1. The predicted molar refractivity (Wildman–Crippen MR) is 83.7 cm³/mol. The maximum Gasteiger partial charge on any atom is 0.264 e. The second-order valence-electron chi connectivity index (χ2n) is 5.39. The molecule has 9 heteroatoms. The number of hydrogen-bond acceptors (Lipinski definition) is 8. The van der Waals surface area contributed by atoms with Gasteiger partial charge in [-0.25, -0.2) is 4.98 Å². The summed E-state index contributed by atoms with van der Waals surface area (Å²) in [6, 6.07) is 2.03. The highest BCUT2D eigenvalue weighted by atomic mass is 32.2. The fourth-order valence-corrected chi connectivity index (χ4v) is 2.65.